The molecule has 0 fully saturated rings. The SMILES string of the molecule is Cc1cc(Cl)c(C(=O)NCc2ccc(F)cc2)c(Cl)n1. The first-order chi connectivity index (χ1) is 9.47. The number of hydrogen-bond acceptors (Lipinski definition) is 2. The van der Waals surface area contributed by atoms with Crippen LogP contribution in [0.15, 0.2) is 30.3 Å². The van der Waals surface area contributed by atoms with Crippen LogP contribution < -0.4 is 5.32 Å². The number of pyridine rings is 1. The number of halogens is 3. The first-order valence-corrected chi connectivity index (χ1v) is 6.58. The molecule has 2 aromatic rings. The lowest BCUT2D eigenvalue weighted by Crippen LogP contribution is -2.23. The highest BCUT2D eigenvalue weighted by Crippen LogP contribution is 2.23. The van der Waals surface area contributed by atoms with E-state index < -0.39 is 5.91 Å². The summed E-state index contributed by atoms with van der Waals surface area (Å²) in [5.74, 6) is -0.745. The lowest BCUT2D eigenvalue weighted by atomic mass is 10.2. The van der Waals surface area contributed by atoms with Crippen molar-refractivity contribution in [3.63, 3.8) is 0 Å². The fourth-order valence-electron chi connectivity index (χ4n) is 1.67. The van der Waals surface area contributed by atoms with E-state index in [1.165, 1.54) is 12.1 Å². The van der Waals surface area contributed by atoms with Crippen LogP contribution in [0.4, 0.5) is 4.39 Å². The highest BCUT2D eigenvalue weighted by atomic mass is 35.5. The van der Waals surface area contributed by atoms with Gasteiger partial charge in [0.25, 0.3) is 5.91 Å². The molecular formula is C14H11Cl2FN2O. The van der Waals surface area contributed by atoms with E-state index in [1.54, 1.807) is 25.1 Å². The Kier molecular flexibility index (Phi) is 4.57. The average molecular weight is 313 g/mol. The van der Waals surface area contributed by atoms with Crippen LogP contribution in [0.5, 0.6) is 0 Å². The molecule has 0 unspecified atom stereocenters. The summed E-state index contributed by atoms with van der Waals surface area (Å²) in [6, 6.07) is 7.41. The predicted molar refractivity (Wildman–Crippen MR) is 76.6 cm³/mol. The minimum Gasteiger partial charge on any atom is -0.348 e. The van der Waals surface area contributed by atoms with Crippen molar-refractivity contribution in [1.29, 1.82) is 0 Å². The van der Waals surface area contributed by atoms with Crippen LogP contribution in [-0.2, 0) is 6.54 Å². The number of nitrogens with zero attached hydrogens (tertiary/aromatic N) is 1. The van der Waals surface area contributed by atoms with E-state index >= 15 is 0 Å². The molecule has 2 rings (SSSR count). The van der Waals surface area contributed by atoms with Crippen molar-refractivity contribution in [1.82, 2.24) is 10.3 Å². The number of nitrogens with one attached hydrogen (secondary N) is 1. The van der Waals surface area contributed by atoms with E-state index in [1.807, 2.05) is 0 Å². The smallest absolute Gasteiger partial charge is 0.256 e. The summed E-state index contributed by atoms with van der Waals surface area (Å²) in [5, 5.41) is 2.98. The van der Waals surface area contributed by atoms with Gasteiger partial charge in [0.1, 0.15) is 11.0 Å². The Hall–Kier alpha value is -1.65. The van der Waals surface area contributed by atoms with E-state index in [9.17, 15) is 9.18 Å². The van der Waals surface area contributed by atoms with Crippen LogP contribution in [0.3, 0.4) is 0 Å². The van der Waals surface area contributed by atoms with Crippen molar-refractivity contribution in [3.8, 4) is 0 Å². The van der Waals surface area contributed by atoms with Crippen LogP contribution >= 0.6 is 23.2 Å². The lowest BCUT2D eigenvalue weighted by Gasteiger charge is -2.09. The van der Waals surface area contributed by atoms with Crippen LogP contribution in [0.25, 0.3) is 0 Å². The Morgan fingerprint density at radius 2 is 1.95 bits per heavy atom. The van der Waals surface area contributed by atoms with Crippen LogP contribution in [-0.4, -0.2) is 10.9 Å². The van der Waals surface area contributed by atoms with Gasteiger partial charge in [-0.05, 0) is 30.7 Å². The first kappa shape index (κ1) is 14.8. The molecule has 0 aliphatic carbocycles. The zero-order valence-corrected chi connectivity index (χ0v) is 12.1. The summed E-state index contributed by atoms with van der Waals surface area (Å²) in [6.45, 7) is 1.98. The molecule has 3 nitrogen and oxygen atoms in total. The Bertz CT molecular complexity index is 621. The molecule has 1 aromatic carbocycles. The Morgan fingerprint density at radius 1 is 1.30 bits per heavy atom. The second kappa shape index (κ2) is 6.20. The van der Waals surface area contributed by atoms with Gasteiger partial charge in [0, 0.05) is 12.2 Å². The Balaban J connectivity index is 2.11. The molecule has 6 heteroatoms. The molecule has 1 heterocycles. The fourth-order valence-corrected chi connectivity index (χ4v) is 2.37. The molecule has 0 saturated heterocycles. The van der Waals surface area contributed by atoms with Crippen LogP contribution in [0.1, 0.15) is 21.6 Å². The van der Waals surface area contributed by atoms with Crippen molar-refractivity contribution in [2.75, 3.05) is 0 Å². The van der Waals surface area contributed by atoms with Gasteiger partial charge in [0.15, 0.2) is 0 Å². The van der Waals surface area contributed by atoms with Crippen LogP contribution in [0, 0.1) is 12.7 Å². The second-order valence-corrected chi connectivity index (χ2v) is 4.99. The van der Waals surface area contributed by atoms with Gasteiger partial charge >= 0.3 is 0 Å². The molecule has 1 N–H and O–H groups in total. The summed E-state index contributed by atoms with van der Waals surface area (Å²) in [6.07, 6.45) is 0. The molecule has 0 bridgehead atoms. The van der Waals surface area contributed by atoms with Gasteiger partial charge < -0.3 is 5.32 Å². The predicted octanol–water partition coefficient (Wildman–Crippen LogP) is 3.77. The summed E-state index contributed by atoms with van der Waals surface area (Å²) >= 11 is 11.9. The van der Waals surface area contributed by atoms with Crippen LogP contribution in [0.2, 0.25) is 10.2 Å². The van der Waals surface area contributed by atoms with Crippen molar-refractivity contribution >= 4 is 29.1 Å². The number of hydrogen-bond donors (Lipinski definition) is 1. The maximum absolute atomic E-state index is 12.8. The summed E-state index contributed by atoms with van der Waals surface area (Å²) < 4.78 is 12.8. The molecule has 1 amide bonds. The number of carbonyl (C=O) groups is 1. The van der Waals surface area contributed by atoms with Crippen molar-refractivity contribution < 1.29 is 9.18 Å². The van der Waals surface area contributed by atoms with E-state index in [-0.39, 0.29) is 28.1 Å². The topological polar surface area (TPSA) is 42.0 Å². The minimum absolute atomic E-state index is 0.0617. The standard InChI is InChI=1S/C14H11Cl2FN2O/c1-8-6-11(15)12(13(16)19-8)14(20)18-7-9-2-4-10(17)5-3-9/h2-6H,7H2,1H3,(H,18,20). The fraction of sp³-hybridized carbons (Fsp3) is 0.143. The van der Waals surface area contributed by atoms with E-state index in [4.69, 9.17) is 23.2 Å². The molecule has 0 saturated carbocycles. The Labute approximate surface area is 125 Å². The Morgan fingerprint density at radius 3 is 2.55 bits per heavy atom. The first-order valence-electron chi connectivity index (χ1n) is 5.82. The third-order valence-electron chi connectivity index (χ3n) is 2.65. The average Bonchev–Trinajstić information content (AvgIpc) is 2.37. The quantitative estimate of drug-likeness (QED) is 0.877. The maximum Gasteiger partial charge on any atom is 0.256 e. The maximum atomic E-state index is 12.8. The normalized spacial score (nSPS) is 10.4. The van der Waals surface area contributed by atoms with E-state index in [2.05, 4.69) is 10.3 Å². The third kappa shape index (κ3) is 3.46. The molecule has 0 aliphatic rings. The number of aryl methyl sites for hydroxylation is 1. The molecule has 0 radical (unpaired) electrons. The largest absolute Gasteiger partial charge is 0.348 e. The zero-order chi connectivity index (χ0) is 14.7. The number of rotatable bonds is 3. The van der Waals surface area contributed by atoms with Gasteiger partial charge in [0.2, 0.25) is 0 Å². The van der Waals surface area contributed by atoms with E-state index in [0.29, 0.717) is 5.69 Å². The van der Waals surface area contributed by atoms with Gasteiger partial charge in [-0.2, -0.15) is 0 Å². The second-order valence-electron chi connectivity index (χ2n) is 4.22. The summed E-state index contributed by atoms with van der Waals surface area (Å²) in [5.41, 5.74) is 1.54. The van der Waals surface area contributed by atoms with Gasteiger partial charge in [-0.15, -0.1) is 0 Å². The highest BCUT2D eigenvalue weighted by molar-refractivity contribution is 6.39. The van der Waals surface area contributed by atoms with Gasteiger partial charge in [-0.1, -0.05) is 35.3 Å². The molecule has 104 valence electrons. The molecule has 0 aliphatic heterocycles. The van der Waals surface area contributed by atoms with Gasteiger partial charge in [-0.25, -0.2) is 9.37 Å². The molecular weight excluding hydrogens is 302 g/mol. The number of benzene rings is 1. The van der Waals surface area contributed by atoms with Crippen molar-refractivity contribution in [2.24, 2.45) is 0 Å². The summed E-state index contributed by atoms with van der Waals surface area (Å²) in [7, 11) is 0. The monoisotopic (exact) mass is 312 g/mol. The van der Waals surface area contributed by atoms with Crippen molar-refractivity contribution in [2.45, 2.75) is 13.5 Å². The molecule has 0 spiro atoms. The lowest BCUT2D eigenvalue weighted by molar-refractivity contribution is 0.0951. The molecule has 1 aromatic heterocycles. The van der Waals surface area contributed by atoms with Gasteiger partial charge in [-0.3, -0.25) is 4.79 Å². The molecule has 20 heavy (non-hydrogen) atoms. The minimum atomic E-state index is -0.420. The van der Waals surface area contributed by atoms with Crippen molar-refractivity contribution in [3.05, 3.63) is 63.1 Å². The highest BCUT2D eigenvalue weighted by Gasteiger charge is 2.16. The number of carbonyl (C=O) groups excluding carboxylic acids is 1. The number of aromatic nitrogens is 1. The number of amides is 1. The molecule has 0 atom stereocenters. The summed E-state index contributed by atoms with van der Waals surface area (Å²) in [4.78, 5) is 16.0. The third-order valence-corrected chi connectivity index (χ3v) is 3.22. The zero-order valence-electron chi connectivity index (χ0n) is 10.6. The van der Waals surface area contributed by atoms with E-state index in [0.717, 1.165) is 5.56 Å². The van der Waals surface area contributed by atoms with Gasteiger partial charge in [0.05, 0.1) is 10.6 Å².